The molecule has 2 nitrogen and oxygen atoms in total. The number of hydrogen-bond acceptors (Lipinski definition) is 2. The Hall–Kier alpha value is -1.81. The monoisotopic (exact) mass is 249 g/mol. The highest BCUT2D eigenvalue weighted by Crippen LogP contribution is 2.25. The summed E-state index contributed by atoms with van der Waals surface area (Å²) in [4.78, 5) is 4.02. The van der Waals surface area contributed by atoms with Crippen LogP contribution in [-0.4, -0.2) is 11.1 Å². The molecule has 0 saturated carbocycles. The van der Waals surface area contributed by atoms with Gasteiger partial charge in [-0.2, -0.15) is 8.78 Å². The third-order valence-electron chi connectivity index (χ3n) is 2.47. The SMILES string of the molecule is CC(F)(F)OCc1ccccc1-c1cccnc1. The molecule has 0 saturated heterocycles. The van der Waals surface area contributed by atoms with Crippen LogP contribution in [-0.2, 0) is 11.3 Å². The van der Waals surface area contributed by atoms with Crippen LogP contribution in [0.25, 0.3) is 11.1 Å². The highest BCUT2D eigenvalue weighted by atomic mass is 19.3. The van der Waals surface area contributed by atoms with Crippen LogP contribution >= 0.6 is 0 Å². The molecular formula is C14H13F2NO. The van der Waals surface area contributed by atoms with Crippen molar-refractivity contribution >= 4 is 0 Å². The molecule has 0 spiro atoms. The van der Waals surface area contributed by atoms with Gasteiger partial charge in [0, 0.05) is 24.9 Å². The van der Waals surface area contributed by atoms with Crippen molar-refractivity contribution < 1.29 is 13.5 Å². The summed E-state index contributed by atoms with van der Waals surface area (Å²) in [6, 6.07) is 11.0. The molecule has 0 bridgehead atoms. The molecule has 0 atom stereocenters. The van der Waals surface area contributed by atoms with Gasteiger partial charge in [-0.15, -0.1) is 0 Å². The van der Waals surface area contributed by atoms with Crippen molar-refractivity contribution in [1.82, 2.24) is 4.98 Å². The van der Waals surface area contributed by atoms with Crippen LogP contribution in [0, 0.1) is 0 Å². The predicted molar refractivity (Wildman–Crippen MR) is 65.1 cm³/mol. The standard InChI is InChI=1S/C14H13F2NO/c1-14(15,16)18-10-12-5-2-3-7-13(12)11-6-4-8-17-9-11/h2-9H,10H2,1H3. The van der Waals surface area contributed by atoms with E-state index in [9.17, 15) is 8.78 Å². The number of halogens is 2. The molecule has 1 aromatic heterocycles. The highest BCUT2D eigenvalue weighted by molar-refractivity contribution is 5.66. The van der Waals surface area contributed by atoms with Crippen molar-refractivity contribution in [3.63, 3.8) is 0 Å². The smallest absolute Gasteiger partial charge is 0.316 e. The summed E-state index contributed by atoms with van der Waals surface area (Å²) in [5.41, 5.74) is 2.46. The maximum atomic E-state index is 12.7. The van der Waals surface area contributed by atoms with Gasteiger partial charge >= 0.3 is 6.11 Å². The zero-order valence-corrected chi connectivity index (χ0v) is 9.94. The lowest BCUT2D eigenvalue weighted by Crippen LogP contribution is -2.15. The van der Waals surface area contributed by atoms with E-state index >= 15 is 0 Å². The van der Waals surface area contributed by atoms with E-state index in [0.29, 0.717) is 5.56 Å². The molecule has 4 heteroatoms. The molecule has 94 valence electrons. The van der Waals surface area contributed by atoms with E-state index in [4.69, 9.17) is 0 Å². The highest BCUT2D eigenvalue weighted by Gasteiger charge is 2.22. The van der Waals surface area contributed by atoms with Crippen molar-refractivity contribution in [3.05, 3.63) is 54.4 Å². The molecular weight excluding hydrogens is 236 g/mol. The van der Waals surface area contributed by atoms with Gasteiger partial charge in [0.05, 0.1) is 6.61 Å². The fraction of sp³-hybridized carbons (Fsp3) is 0.214. The second-order valence-electron chi connectivity index (χ2n) is 4.00. The van der Waals surface area contributed by atoms with Crippen LogP contribution in [0.3, 0.4) is 0 Å². The van der Waals surface area contributed by atoms with Crippen molar-refractivity contribution in [3.8, 4) is 11.1 Å². The first-order chi connectivity index (χ1) is 8.56. The van der Waals surface area contributed by atoms with Crippen molar-refractivity contribution in [2.45, 2.75) is 19.6 Å². The van der Waals surface area contributed by atoms with Crippen LogP contribution in [0.1, 0.15) is 12.5 Å². The number of ether oxygens (including phenoxy) is 1. The Labute approximate surface area is 104 Å². The number of nitrogens with zero attached hydrogens (tertiary/aromatic N) is 1. The molecule has 18 heavy (non-hydrogen) atoms. The quantitative estimate of drug-likeness (QED) is 0.820. The summed E-state index contributed by atoms with van der Waals surface area (Å²) < 4.78 is 29.9. The van der Waals surface area contributed by atoms with Gasteiger partial charge in [0.25, 0.3) is 0 Å². The molecule has 0 radical (unpaired) electrons. The van der Waals surface area contributed by atoms with Gasteiger partial charge in [0.2, 0.25) is 0 Å². The molecule has 0 aliphatic heterocycles. The molecule has 2 aromatic rings. The third-order valence-corrected chi connectivity index (χ3v) is 2.47. The van der Waals surface area contributed by atoms with Crippen LogP contribution < -0.4 is 0 Å². The van der Waals surface area contributed by atoms with E-state index in [1.807, 2.05) is 18.2 Å². The Morgan fingerprint density at radius 2 is 1.94 bits per heavy atom. The molecule has 1 aromatic carbocycles. The van der Waals surface area contributed by atoms with Crippen LogP contribution in [0.15, 0.2) is 48.8 Å². The summed E-state index contributed by atoms with van der Waals surface area (Å²) in [6.45, 7) is 0.605. The first-order valence-electron chi connectivity index (χ1n) is 5.56. The minimum atomic E-state index is -3.12. The van der Waals surface area contributed by atoms with Gasteiger partial charge in [-0.25, -0.2) is 0 Å². The van der Waals surface area contributed by atoms with Crippen LogP contribution in [0.4, 0.5) is 8.78 Å². The normalized spacial score (nSPS) is 11.5. The number of pyridine rings is 1. The fourth-order valence-electron chi connectivity index (χ4n) is 1.65. The predicted octanol–water partition coefficient (Wildman–Crippen LogP) is 3.88. The van der Waals surface area contributed by atoms with Crippen molar-refractivity contribution in [1.29, 1.82) is 0 Å². The number of benzene rings is 1. The first-order valence-corrected chi connectivity index (χ1v) is 5.56. The molecule has 0 unspecified atom stereocenters. The Bertz CT molecular complexity index is 509. The second-order valence-corrected chi connectivity index (χ2v) is 4.00. The lowest BCUT2D eigenvalue weighted by molar-refractivity contribution is -0.231. The maximum absolute atomic E-state index is 12.7. The average Bonchev–Trinajstić information content (AvgIpc) is 2.37. The van der Waals surface area contributed by atoms with Crippen molar-refractivity contribution in [2.75, 3.05) is 0 Å². The largest absolute Gasteiger partial charge is 0.353 e. The fourth-order valence-corrected chi connectivity index (χ4v) is 1.65. The summed E-state index contributed by atoms with van der Waals surface area (Å²) in [7, 11) is 0. The maximum Gasteiger partial charge on any atom is 0.353 e. The topological polar surface area (TPSA) is 22.1 Å². The molecule has 0 aliphatic carbocycles. The summed E-state index contributed by atoms with van der Waals surface area (Å²) >= 11 is 0. The Kier molecular flexibility index (Phi) is 3.67. The minimum absolute atomic E-state index is 0.130. The summed E-state index contributed by atoms with van der Waals surface area (Å²) in [6.07, 6.45) is 0.244. The lowest BCUT2D eigenvalue weighted by atomic mass is 10.0. The molecule has 2 rings (SSSR count). The molecule has 1 heterocycles. The Morgan fingerprint density at radius 3 is 2.61 bits per heavy atom. The van der Waals surface area contributed by atoms with E-state index in [1.54, 1.807) is 30.6 Å². The van der Waals surface area contributed by atoms with E-state index in [0.717, 1.165) is 18.1 Å². The van der Waals surface area contributed by atoms with Gasteiger partial charge in [-0.3, -0.25) is 4.98 Å². The summed E-state index contributed by atoms with van der Waals surface area (Å²) in [5.74, 6) is 0. The van der Waals surface area contributed by atoms with E-state index in [-0.39, 0.29) is 6.61 Å². The lowest BCUT2D eigenvalue weighted by Gasteiger charge is -2.14. The van der Waals surface area contributed by atoms with Gasteiger partial charge in [0.15, 0.2) is 0 Å². The number of hydrogen-bond donors (Lipinski definition) is 0. The molecule has 0 fully saturated rings. The van der Waals surface area contributed by atoms with Crippen LogP contribution in [0.2, 0.25) is 0 Å². The number of alkyl halides is 2. The van der Waals surface area contributed by atoms with Gasteiger partial charge in [-0.1, -0.05) is 30.3 Å². The first kappa shape index (κ1) is 12.6. The summed E-state index contributed by atoms with van der Waals surface area (Å²) in [5, 5.41) is 0. The molecule has 0 N–H and O–H groups in total. The van der Waals surface area contributed by atoms with E-state index < -0.39 is 6.11 Å². The minimum Gasteiger partial charge on any atom is -0.316 e. The van der Waals surface area contributed by atoms with E-state index in [2.05, 4.69) is 9.72 Å². The molecule has 0 aliphatic rings. The van der Waals surface area contributed by atoms with Crippen molar-refractivity contribution in [2.24, 2.45) is 0 Å². The Balaban J connectivity index is 2.27. The average molecular weight is 249 g/mol. The third kappa shape index (κ3) is 3.34. The number of rotatable bonds is 4. The van der Waals surface area contributed by atoms with Crippen LogP contribution in [0.5, 0.6) is 0 Å². The van der Waals surface area contributed by atoms with Gasteiger partial charge in [0.1, 0.15) is 0 Å². The molecule has 0 amide bonds. The number of aromatic nitrogens is 1. The second kappa shape index (κ2) is 5.23. The van der Waals surface area contributed by atoms with Gasteiger partial charge in [-0.05, 0) is 17.2 Å². The zero-order chi connectivity index (χ0) is 13.0. The van der Waals surface area contributed by atoms with E-state index in [1.165, 1.54) is 0 Å². The van der Waals surface area contributed by atoms with Gasteiger partial charge < -0.3 is 4.74 Å². The Morgan fingerprint density at radius 1 is 1.17 bits per heavy atom. The zero-order valence-electron chi connectivity index (χ0n) is 9.94.